The predicted octanol–water partition coefficient (Wildman–Crippen LogP) is 4.87. The zero-order valence-electron chi connectivity index (χ0n) is 18.9. The quantitative estimate of drug-likeness (QED) is 0.622. The topological polar surface area (TPSA) is 77.8 Å². The van der Waals surface area contributed by atoms with Gasteiger partial charge in [-0.25, -0.2) is 0 Å². The van der Waals surface area contributed by atoms with Gasteiger partial charge in [-0.2, -0.15) is 0 Å². The molecule has 10 atom stereocenters. The Labute approximate surface area is 176 Å². The van der Waals surface area contributed by atoms with E-state index in [4.69, 9.17) is 0 Å². The maximum atomic E-state index is 12.0. The van der Waals surface area contributed by atoms with Crippen LogP contribution in [-0.2, 0) is 4.79 Å². The van der Waals surface area contributed by atoms with Gasteiger partial charge >= 0.3 is 5.97 Å². The Hall–Kier alpha value is -0.610. The third-order valence-corrected chi connectivity index (χ3v) is 10.7. The van der Waals surface area contributed by atoms with Gasteiger partial charge in [0, 0.05) is 6.42 Å². The van der Waals surface area contributed by atoms with Crippen LogP contribution in [0.15, 0.2) is 0 Å². The minimum atomic E-state index is -0.683. The SMILES string of the molecule is CC[C@@]1(O)CC2C[C@H](O)CCC2(C)C2CCC3(C)C(C(C)CC(=O)O)CCC3C21. The van der Waals surface area contributed by atoms with Crippen LogP contribution in [0, 0.1) is 46.3 Å². The third-order valence-electron chi connectivity index (χ3n) is 10.7. The molecule has 8 unspecified atom stereocenters. The van der Waals surface area contributed by atoms with Crippen molar-refractivity contribution in [1.29, 1.82) is 0 Å². The van der Waals surface area contributed by atoms with Gasteiger partial charge in [0.1, 0.15) is 0 Å². The van der Waals surface area contributed by atoms with Crippen LogP contribution in [0.2, 0.25) is 0 Å². The van der Waals surface area contributed by atoms with Gasteiger partial charge in [0.05, 0.1) is 11.7 Å². The highest BCUT2D eigenvalue weighted by Gasteiger charge is 2.66. The first-order chi connectivity index (χ1) is 13.5. The maximum Gasteiger partial charge on any atom is 0.303 e. The van der Waals surface area contributed by atoms with Gasteiger partial charge in [0.25, 0.3) is 0 Å². The zero-order valence-corrected chi connectivity index (χ0v) is 18.9. The smallest absolute Gasteiger partial charge is 0.303 e. The number of aliphatic hydroxyl groups is 2. The van der Waals surface area contributed by atoms with Crippen molar-refractivity contribution < 1.29 is 20.1 Å². The Morgan fingerprint density at radius 3 is 2.38 bits per heavy atom. The maximum absolute atomic E-state index is 12.0. The number of carboxylic acid groups (broad SMARTS) is 1. The molecule has 4 saturated carbocycles. The van der Waals surface area contributed by atoms with Crippen LogP contribution in [0.25, 0.3) is 0 Å². The van der Waals surface area contributed by atoms with E-state index in [1.807, 2.05) is 0 Å². The van der Waals surface area contributed by atoms with Crippen molar-refractivity contribution in [3.05, 3.63) is 0 Å². The van der Waals surface area contributed by atoms with E-state index in [1.165, 1.54) is 0 Å². The summed E-state index contributed by atoms with van der Waals surface area (Å²) in [5.74, 6) is 1.74. The van der Waals surface area contributed by atoms with E-state index in [2.05, 4.69) is 27.7 Å². The number of carbonyl (C=O) groups is 1. The van der Waals surface area contributed by atoms with Gasteiger partial charge < -0.3 is 15.3 Å². The lowest BCUT2D eigenvalue weighted by atomic mass is 9.41. The van der Waals surface area contributed by atoms with Crippen molar-refractivity contribution in [2.45, 2.75) is 104 Å². The third kappa shape index (κ3) is 3.19. The second kappa shape index (κ2) is 7.22. The molecule has 166 valence electrons. The number of hydrogen-bond donors (Lipinski definition) is 3. The van der Waals surface area contributed by atoms with Gasteiger partial charge in [-0.3, -0.25) is 4.79 Å². The number of fused-ring (bicyclic) bond motifs is 5. The molecular weight excluding hydrogens is 364 g/mol. The van der Waals surface area contributed by atoms with Gasteiger partial charge in [-0.15, -0.1) is 0 Å². The normalized spacial score (nSPS) is 52.9. The highest BCUT2D eigenvalue weighted by molar-refractivity contribution is 5.67. The largest absolute Gasteiger partial charge is 0.481 e. The average molecular weight is 407 g/mol. The Morgan fingerprint density at radius 2 is 1.72 bits per heavy atom. The summed E-state index contributed by atoms with van der Waals surface area (Å²) in [5.41, 5.74) is -0.253. The molecule has 0 bridgehead atoms. The summed E-state index contributed by atoms with van der Waals surface area (Å²) >= 11 is 0. The van der Waals surface area contributed by atoms with Crippen LogP contribution in [0.3, 0.4) is 0 Å². The van der Waals surface area contributed by atoms with E-state index < -0.39 is 11.6 Å². The molecule has 0 amide bonds. The highest BCUT2D eigenvalue weighted by atomic mass is 16.4. The number of aliphatic hydroxyl groups excluding tert-OH is 1. The summed E-state index contributed by atoms with van der Waals surface area (Å²) in [5, 5.41) is 31.7. The summed E-state index contributed by atoms with van der Waals surface area (Å²) in [6, 6.07) is 0. The zero-order chi connectivity index (χ0) is 21.2. The predicted molar refractivity (Wildman–Crippen MR) is 113 cm³/mol. The van der Waals surface area contributed by atoms with Crippen molar-refractivity contribution in [2.24, 2.45) is 46.3 Å². The van der Waals surface area contributed by atoms with E-state index in [-0.39, 0.29) is 29.3 Å². The van der Waals surface area contributed by atoms with Crippen LogP contribution < -0.4 is 0 Å². The Bertz CT molecular complexity index is 649. The summed E-state index contributed by atoms with van der Waals surface area (Å²) in [7, 11) is 0. The van der Waals surface area contributed by atoms with E-state index >= 15 is 0 Å². The number of carboxylic acids is 1. The van der Waals surface area contributed by atoms with E-state index in [0.29, 0.717) is 29.6 Å². The fraction of sp³-hybridized carbons (Fsp3) is 0.960. The molecule has 0 spiro atoms. The van der Waals surface area contributed by atoms with Crippen molar-refractivity contribution >= 4 is 5.97 Å². The molecule has 4 aliphatic rings. The molecule has 0 saturated heterocycles. The monoisotopic (exact) mass is 406 g/mol. The lowest BCUT2D eigenvalue weighted by Gasteiger charge is -2.65. The van der Waals surface area contributed by atoms with Crippen molar-refractivity contribution in [2.75, 3.05) is 0 Å². The summed E-state index contributed by atoms with van der Waals surface area (Å²) in [4.78, 5) is 11.4. The lowest BCUT2D eigenvalue weighted by Crippen LogP contribution is -2.63. The standard InChI is InChI=1S/C25H42O4/c1-5-25(29)14-16-13-17(26)8-10-23(16,3)20-9-11-24(4)18(15(2)12-21(27)28)6-7-19(24)22(20)25/h15-20,22,26,29H,5-14H2,1-4H3,(H,27,28)/t15?,16?,17-,18?,19?,20?,22?,23?,24?,25-/m1/s1. The highest BCUT2D eigenvalue weighted by Crippen LogP contribution is 2.70. The average Bonchev–Trinajstić information content (AvgIpc) is 3.00. The molecule has 0 aromatic carbocycles. The fourth-order valence-corrected chi connectivity index (χ4v) is 9.17. The molecule has 0 radical (unpaired) electrons. The number of rotatable bonds is 4. The van der Waals surface area contributed by atoms with Crippen LogP contribution >= 0.6 is 0 Å². The Kier molecular flexibility index (Phi) is 5.38. The summed E-state index contributed by atoms with van der Waals surface area (Å²) in [6.45, 7) is 9.15. The molecule has 4 nitrogen and oxygen atoms in total. The number of aliphatic carboxylic acids is 1. The lowest BCUT2D eigenvalue weighted by molar-refractivity contribution is -0.220. The Balaban J connectivity index is 1.67. The van der Waals surface area contributed by atoms with Crippen molar-refractivity contribution in [3.8, 4) is 0 Å². The molecule has 4 rings (SSSR count). The Morgan fingerprint density at radius 1 is 1.07 bits per heavy atom. The number of hydrogen-bond acceptors (Lipinski definition) is 3. The minimum Gasteiger partial charge on any atom is -0.481 e. The van der Waals surface area contributed by atoms with Gasteiger partial charge in [-0.1, -0.05) is 27.7 Å². The van der Waals surface area contributed by atoms with Crippen molar-refractivity contribution in [1.82, 2.24) is 0 Å². The van der Waals surface area contributed by atoms with Crippen LogP contribution in [0.1, 0.15) is 91.9 Å². The second-order valence-corrected chi connectivity index (χ2v) is 11.8. The summed E-state index contributed by atoms with van der Waals surface area (Å²) < 4.78 is 0. The molecule has 0 heterocycles. The van der Waals surface area contributed by atoms with E-state index in [0.717, 1.165) is 57.8 Å². The van der Waals surface area contributed by atoms with Crippen LogP contribution in [0.4, 0.5) is 0 Å². The molecule has 0 aromatic heterocycles. The first kappa shape index (κ1) is 21.6. The van der Waals surface area contributed by atoms with Gasteiger partial charge in [0.15, 0.2) is 0 Å². The minimum absolute atomic E-state index is 0.149. The second-order valence-electron chi connectivity index (χ2n) is 11.8. The molecule has 4 fully saturated rings. The van der Waals surface area contributed by atoms with Gasteiger partial charge in [-0.05, 0) is 104 Å². The van der Waals surface area contributed by atoms with Crippen LogP contribution in [-0.4, -0.2) is 33.0 Å². The first-order valence-electron chi connectivity index (χ1n) is 12.2. The summed E-state index contributed by atoms with van der Waals surface area (Å²) in [6.07, 6.45) is 9.08. The molecule has 3 N–H and O–H groups in total. The molecule has 29 heavy (non-hydrogen) atoms. The molecule has 0 aliphatic heterocycles. The fourth-order valence-electron chi connectivity index (χ4n) is 9.17. The van der Waals surface area contributed by atoms with Crippen LogP contribution in [0.5, 0.6) is 0 Å². The molecule has 4 heteroatoms. The van der Waals surface area contributed by atoms with Crippen molar-refractivity contribution in [3.63, 3.8) is 0 Å². The molecule has 0 aromatic rings. The molecular formula is C25H42O4. The van der Waals surface area contributed by atoms with Gasteiger partial charge in [0.2, 0.25) is 0 Å². The van der Waals surface area contributed by atoms with E-state index in [1.54, 1.807) is 0 Å². The van der Waals surface area contributed by atoms with E-state index in [9.17, 15) is 20.1 Å². The first-order valence-corrected chi connectivity index (χ1v) is 12.2. The molecule has 4 aliphatic carbocycles.